The minimum Gasteiger partial charge on any atom is -0.462 e. The number of carbonyl (C=O) groups excluding carboxylic acids is 1. The molecule has 2 N–H and O–H groups in total. The van der Waals surface area contributed by atoms with Crippen molar-refractivity contribution in [2.45, 2.75) is 6.92 Å². The van der Waals surface area contributed by atoms with E-state index in [1.807, 2.05) is 20.2 Å². The molecule has 15 heavy (non-hydrogen) atoms. The fraction of sp³-hybridized carbons (Fsp3) is 0.364. The van der Waals surface area contributed by atoms with Gasteiger partial charge in [-0.2, -0.15) is 0 Å². The molecule has 82 valence electrons. The molecule has 1 rings (SSSR count). The van der Waals surface area contributed by atoms with Gasteiger partial charge in [0.15, 0.2) is 0 Å². The Morgan fingerprint density at radius 2 is 1.93 bits per heavy atom. The van der Waals surface area contributed by atoms with E-state index in [-0.39, 0.29) is 5.97 Å². The molecular weight excluding hydrogens is 192 g/mol. The summed E-state index contributed by atoms with van der Waals surface area (Å²) < 4.78 is 4.91. The van der Waals surface area contributed by atoms with Gasteiger partial charge in [-0.1, -0.05) is 0 Å². The van der Waals surface area contributed by atoms with E-state index in [0.29, 0.717) is 12.2 Å². The lowest BCUT2D eigenvalue weighted by Crippen LogP contribution is -2.06. The molecule has 4 nitrogen and oxygen atoms in total. The van der Waals surface area contributed by atoms with Crippen molar-refractivity contribution >= 4 is 17.3 Å². The number of benzene rings is 1. The summed E-state index contributed by atoms with van der Waals surface area (Å²) in [5.41, 5.74) is 2.38. The molecule has 0 amide bonds. The van der Waals surface area contributed by atoms with Gasteiger partial charge in [0.25, 0.3) is 0 Å². The van der Waals surface area contributed by atoms with Crippen LogP contribution in [0.5, 0.6) is 0 Å². The van der Waals surface area contributed by atoms with Crippen LogP contribution in [-0.2, 0) is 4.74 Å². The quantitative estimate of drug-likeness (QED) is 0.742. The molecule has 1 aromatic rings. The fourth-order valence-electron chi connectivity index (χ4n) is 1.31. The van der Waals surface area contributed by atoms with Gasteiger partial charge in [-0.15, -0.1) is 0 Å². The van der Waals surface area contributed by atoms with Gasteiger partial charge >= 0.3 is 5.97 Å². The first-order chi connectivity index (χ1) is 7.22. The smallest absolute Gasteiger partial charge is 0.338 e. The lowest BCUT2D eigenvalue weighted by Gasteiger charge is -2.10. The van der Waals surface area contributed by atoms with Crippen LogP contribution in [0.2, 0.25) is 0 Å². The molecule has 0 aliphatic carbocycles. The molecule has 0 aliphatic rings. The van der Waals surface area contributed by atoms with E-state index in [0.717, 1.165) is 11.4 Å². The van der Waals surface area contributed by atoms with Gasteiger partial charge in [-0.05, 0) is 25.1 Å². The minimum absolute atomic E-state index is 0.295. The summed E-state index contributed by atoms with van der Waals surface area (Å²) in [4.78, 5) is 11.4. The van der Waals surface area contributed by atoms with Crippen molar-refractivity contribution in [3.8, 4) is 0 Å². The van der Waals surface area contributed by atoms with Crippen molar-refractivity contribution in [3.63, 3.8) is 0 Å². The summed E-state index contributed by atoms with van der Waals surface area (Å²) >= 11 is 0. The molecule has 4 heteroatoms. The summed E-state index contributed by atoms with van der Waals surface area (Å²) in [6.07, 6.45) is 0. The lowest BCUT2D eigenvalue weighted by molar-refractivity contribution is 0.0526. The maximum atomic E-state index is 11.4. The molecule has 0 radical (unpaired) electrons. The number of carbonyl (C=O) groups is 1. The molecule has 0 aromatic heterocycles. The van der Waals surface area contributed by atoms with Crippen LogP contribution in [0.1, 0.15) is 17.3 Å². The molecule has 0 heterocycles. The predicted molar refractivity (Wildman–Crippen MR) is 61.5 cm³/mol. The van der Waals surface area contributed by atoms with Gasteiger partial charge in [0.2, 0.25) is 0 Å². The third-order valence-corrected chi connectivity index (χ3v) is 2.07. The Bertz CT molecular complexity index is 350. The average Bonchev–Trinajstić information content (AvgIpc) is 2.28. The normalized spacial score (nSPS) is 9.53. The van der Waals surface area contributed by atoms with E-state index in [2.05, 4.69) is 10.6 Å². The number of hydrogen-bond donors (Lipinski definition) is 2. The second kappa shape index (κ2) is 5.24. The largest absolute Gasteiger partial charge is 0.462 e. The number of anilines is 2. The zero-order valence-corrected chi connectivity index (χ0v) is 9.26. The molecular formula is C11H16N2O2. The van der Waals surface area contributed by atoms with Crippen LogP contribution in [0.15, 0.2) is 18.2 Å². The summed E-state index contributed by atoms with van der Waals surface area (Å²) in [6, 6.07) is 5.35. The molecule has 0 atom stereocenters. The Hall–Kier alpha value is -1.71. The highest BCUT2D eigenvalue weighted by Gasteiger charge is 2.08. The summed E-state index contributed by atoms with van der Waals surface area (Å²) in [5, 5.41) is 6.04. The first-order valence-electron chi connectivity index (χ1n) is 4.89. The van der Waals surface area contributed by atoms with Gasteiger partial charge in [0, 0.05) is 14.1 Å². The molecule has 0 saturated carbocycles. The van der Waals surface area contributed by atoms with Crippen molar-refractivity contribution in [2.75, 3.05) is 31.3 Å². The van der Waals surface area contributed by atoms with Gasteiger partial charge < -0.3 is 15.4 Å². The van der Waals surface area contributed by atoms with Crippen molar-refractivity contribution in [1.29, 1.82) is 0 Å². The Balaban J connectivity index is 2.97. The van der Waals surface area contributed by atoms with Crippen LogP contribution in [-0.4, -0.2) is 26.7 Å². The Morgan fingerprint density at radius 1 is 1.27 bits per heavy atom. The van der Waals surface area contributed by atoms with Crippen molar-refractivity contribution < 1.29 is 9.53 Å². The maximum Gasteiger partial charge on any atom is 0.338 e. The molecule has 0 spiro atoms. The third-order valence-electron chi connectivity index (χ3n) is 2.07. The predicted octanol–water partition coefficient (Wildman–Crippen LogP) is 1.95. The van der Waals surface area contributed by atoms with Crippen LogP contribution < -0.4 is 10.6 Å². The maximum absolute atomic E-state index is 11.4. The van der Waals surface area contributed by atoms with E-state index >= 15 is 0 Å². The van der Waals surface area contributed by atoms with Gasteiger partial charge in [0.1, 0.15) is 0 Å². The second-order valence-electron chi connectivity index (χ2n) is 2.98. The van der Waals surface area contributed by atoms with Gasteiger partial charge in [-0.3, -0.25) is 0 Å². The number of nitrogens with one attached hydrogen (secondary N) is 2. The van der Waals surface area contributed by atoms with E-state index in [4.69, 9.17) is 4.74 Å². The highest BCUT2D eigenvalue weighted by molar-refractivity contribution is 5.92. The summed E-state index contributed by atoms with van der Waals surface area (Å²) in [7, 11) is 3.64. The average molecular weight is 208 g/mol. The number of rotatable bonds is 4. The van der Waals surface area contributed by atoms with E-state index in [9.17, 15) is 4.79 Å². The topological polar surface area (TPSA) is 50.4 Å². The molecule has 0 aliphatic heterocycles. The first-order valence-corrected chi connectivity index (χ1v) is 4.89. The van der Waals surface area contributed by atoms with Crippen LogP contribution in [0, 0.1) is 0 Å². The monoisotopic (exact) mass is 208 g/mol. The molecule has 1 aromatic carbocycles. The Morgan fingerprint density at radius 3 is 2.47 bits per heavy atom. The van der Waals surface area contributed by atoms with E-state index < -0.39 is 0 Å². The molecule has 0 unspecified atom stereocenters. The van der Waals surface area contributed by atoms with E-state index in [1.165, 1.54) is 0 Å². The summed E-state index contributed by atoms with van der Waals surface area (Å²) in [5.74, 6) is -0.295. The lowest BCUT2D eigenvalue weighted by atomic mass is 10.1. The molecule has 0 saturated heterocycles. The number of ether oxygens (including phenoxy) is 1. The Kier molecular flexibility index (Phi) is 3.97. The minimum atomic E-state index is -0.295. The number of hydrogen-bond acceptors (Lipinski definition) is 4. The van der Waals surface area contributed by atoms with Crippen molar-refractivity contribution in [3.05, 3.63) is 23.8 Å². The van der Waals surface area contributed by atoms with Gasteiger partial charge in [-0.25, -0.2) is 4.79 Å². The Labute approximate surface area is 89.6 Å². The van der Waals surface area contributed by atoms with Crippen LogP contribution in [0.3, 0.4) is 0 Å². The molecule has 0 fully saturated rings. The first kappa shape index (κ1) is 11.4. The van der Waals surface area contributed by atoms with Crippen molar-refractivity contribution in [2.24, 2.45) is 0 Å². The zero-order chi connectivity index (χ0) is 11.3. The van der Waals surface area contributed by atoms with Gasteiger partial charge in [0.05, 0.1) is 23.5 Å². The highest BCUT2D eigenvalue weighted by Crippen LogP contribution is 2.22. The van der Waals surface area contributed by atoms with Crippen LogP contribution in [0.25, 0.3) is 0 Å². The zero-order valence-electron chi connectivity index (χ0n) is 9.26. The van der Waals surface area contributed by atoms with Crippen molar-refractivity contribution in [1.82, 2.24) is 0 Å². The van der Waals surface area contributed by atoms with Crippen LogP contribution >= 0.6 is 0 Å². The fourth-order valence-corrected chi connectivity index (χ4v) is 1.31. The standard InChI is InChI=1S/C11H16N2O2/c1-4-15-11(14)8-5-6-9(12-2)10(7-8)13-3/h5-7,12-13H,4H2,1-3H3. The third kappa shape index (κ3) is 2.62. The second-order valence-corrected chi connectivity index (χ2v) is 2.98. The molecule has 0 bridgehead atoms. The SMILES string of the molecule is CCOC(=O)c1ccc(NC)c(NC)c1. The summed E-state index contributed by atoms with van der Waals surface area (Å²) in [6.45, 7) is 2.18. The highest BCUT2D eigenvalue weighted by atomic mass is 16.5. The van der Waals surface area contributed by atoms with Crippen LogP contribution in [0.4, 0.5) is 11.4 Å². The number of esters is 1. The van der Waals surface area contributed by atoms with E-state index in [1.54, 1.807) is 19.1 Å².